The number of amides is 1. The molecule has 0 aliphatic carbocycles. The van der Waals surface area contributed by atoms with Crippen LogP contribution in [0.3, 0.4) is 0 Å². The highest BCUT2D eigenvalue weighted by molar-refractivity contribution is 7.16. The number of carbonyl (C=O) groups excluding carboxylic acids is 1. The molecule has 28 heavy (non-hydrogen) atoms. The Morgan fingerprint density at radius 1 is 1.36 bits per heavy atom. The number of terminal acetylenes is 1. The van der Waals surface area contributed by atoms with E-state index in [1.165, 1.54) is 29.5 Å². The van der Waals surface area contributed by atoms with Crippen LogP contribution in [-0.2, 0) is 6.54 Å². The molecule has 0 bridgehead atoms. The maximum atomic E-state index is 12.6. The fourth-order valence-corrected chi connectivity index (χ4v) is 3.92. The first kappa shape index (κ1) is 17.8. The molecule has 0 saturated carbocycles. The molecule has 0 fully saturated rings. The van der Waals surface area contributed by atoms with Crippen molar-refractivity contribution in [2.75, 3.05) is 6.79 Å². The summed E-state index contributed by atoms with van der Waals surface area (Å²) in [5, 5.41) is 11.1. The molecule has 0 N–H and O–H groups in total. The fraction of sp³-hybridized carbons (Fsp3) is 0.158. The second-order valence-corrected chi connectivity index (χ2v) is 7.03. The van der Waals surface area contributed by atoms with Gasteiger partial charge < -0.3 is 14.0 Å². The van der Waals surface area contributed by atoms with Gasteiger partial charge in [0, 0.05) is 29.3 Å². The summed E-state index contributed by atoms with van der Waals surface area (Å²) in [5.41, 5.74) is 1.25. The van der Waals surface area contributed by atoms with E-state index in [0.717, 1.165) is 10.2 Å². The average molecular weight is 395 g/mol. The Hall–Kier alpha value is -3.64. The summed E-state index contributed by atoms with van der Waals surface area (Å²) in [6.07, 6.45) is 5.48. The number of aromatic nitrogens is 1. The van der Waals surface area contributed by atoms with Crippen molar-refractivity contribution in [1.82, 2.24) is 4.57 Å². The maximum Gasteiger partial charge on any atom is 0.279 e. The number of thiazole rings is 1. The third-order valence-corrected chi connectivity index (χ3v) is 5.32. The van der Waals surface area contributed by atoms with E-state index >= 15 is 0 Å². The van der Waals surface area contributed by atoms with E-state index in [1.807, 2.05) is 6.07 Å². The van der Waals surface area contributed by atoms with Gasteiger partial charge >= 0.3 is 0 Å². The number of aryl methyl sites for hydroxylation is 1. The number of nitrogens with zero attached hydrogens (tertiary/aromatic N) is 3. The third-order valence-electron chi connectivity index (χ3n) is 4.28. The first-order valence-corrected chi connectivity index (χ1v) is 9.00. The molecule has 8 nitrogen and oxygen atoms in total. The molecule has 140 valence electrons. The molecule has 0 spiro atoms. The van der Waals surface area contributed by atoms with Crippen LogP contribution >= 0.6 is 11.3 Å². The van der Waals surface area contributed by atoms with E-state index in [0.29, 0.717) is 21.9 Å². The van der Waals surface area contributed by atoms with Crippen molar-refractivity contribution in [2.24, 2.45) is 4.99 Å². The van der Waals surface area contributed by atoms with Crippen molar-refractivity contribution in [2.45, 2.75) is 13.5 Å². The normalized spacial score (nSPS) is 12.9. The lowest BCUT2D eigenvalue weighted by Crippen LogP contribution is -2.16. The molecule has 4 rings (SSSR count). The fourth-order valence-electron chi connectivity index (χ4n) is 2.88. The number of ether oxygens (including phenoxy) is 2. The number of hydrogen-bond donors (Lipinski definition) is 0. The number of rotatable bonds is 3. The van der Waals surface area contributed by atoms with Crippen molar-refractivity contribution < 1.29 is 19.2 Å². The Morgan fingerprint density at radius 3 is 2.82 bits per heavy atom. The molecule has 1 aliphatic heterocycles. The summed E-state index contributed by atoms with van der Waals surface area (Å²) in [5.74, 6) is 3.19. The van der Waals surface area contributed by atoms with E-state index in [4.69, 9.17) is 15.9 Å². The second kappa shape index (κ2) is 6.83. The molecule has 0 saturated heterocycles. The summed E-state index contributed by atoms with van der Waals surface area (Å²) in [6.45, 7) is 1.98. The Morgan fingerprint density at radius 2 is 2.11 bits per heavy atom. The summed E-state index contributed by atoms with van der Waals surface area (Å²) < 4.78 is 13.3. The Bertz CT molecular complexity index is 1250. The number of fused-ring (bicyclic) bond motifs is 2. The van der Waals surface area contributed by atoms with Gasteiger partial charge in [0.05, 0.1) is 21.7 Å². The van der Waals surface area contributed by atoms with E-state index in [9.17, 15) is 14.9 Å². The zero-order valence-electron chi connectivity index (χ0n) is 14.7. The predicted octanol–water partition coefficient (Wildman–Crippen LogP) is 3.02. The minimum atomic E-state index is -0.583. The van der Waals surface area contributed by atoms with Crippen molar-refractivity contribution >= 4 is 33.1 Å². The molecule has 2 aromatic carbocycles. The Kier molecular flexibility index (Phi) is 4.33. The van der Waals surface area contributed by atoms with Crippen LogP contribution in [0.4, 0.5) is 5.69 Å². The lowest BCUT2D eigenvalue weighted by atomic mass is 10.1. The van der Waals surface area contributed by atoms with Crippen molar-refractivity contribution in [3.8, 4) is 23.8 Å². The van der Waals surface area contributed by atoms with Gasteiger partial charge in [0.1, 0.15) is 0 Å². The highest BCUT2D eigenvalue weighted by Crippen LogP contribution is 2.37. The predicted molar refractivity (Wildman–Crippen MR) is 102 cm³/mol. The molecule has 1 aliphatic rings. The number of benzene rings is 2. The first-order valence-electron chi connectivity index (χ1n) is 8.18. The van der Waals surface area contributed by atoms with Crippen LogP contribution in [0.1, 0.15) is 15.9 Å². The molecule has 3 aromatic rings. The van der Waals surface area contributed by atoms with Crippen LogP contribution < -0.4 is 14.3 Å². The van der Waals surface area contributed by atoms with Crippen LogP contribution in [0.25, 0.3) is 10.2 Å². The van der Waals surface area contributed by atoms with Crippen molar-refractivity contribution in [3.05, 3.63) is 56.4 Å². The molecule has 0 unspecified atom stereocenters. The quantitative estimate of drug-likeness (QED) is 0.386. The Labute approximate surface area is 162 Å². The molecule has 2 heterocycles. The highest BCUT2D eigenvalue weighted by Gasteiger charge is 2.19. The summed E-state index contributed by atoms with van der Waals surface area (Å²) in [6, 6.07) is 7.89. The summed E-state index contributed by atoms with van der Waals surface area (Å²) in [4.78, 5) is 27.8. The molecule has 9 heteroatoms. The van der Waals surface area contributed by atoms with Gasteiger partial charge in [0.15, 0.2) is 16.3 Å². The molecule has 0 radical (unpaired) electrons. The lowest BCUT2D eigenvalue weighted by molar-refractivity contribution is -0.385. The van der Waals surface area contributed by atoms with Crippen LogP contribution in [0.2, 0.25) is 0 Å². The maximum absolute atomic E-state index is 12.6. The SMILES string of the molecule is C#CCn1c(=NC(=O)c2ccc(C)c([N+](=O)[O-])c2)sc2cc3c(cc21)OCO3. The third kappa shape index (κ3) is 3.00. The minimum Gasteiger partial charge on any atom is -0.454 e. The van der Waals surface area contributed by atoms with E-state index in [-0.39, 0.29) is 24.6 Å². The number of carbonyl (C=O) groups is 1. The standard InChI is InChI=1S/C19H13N3O5S/c1-3-6-21-14-8-15-16(27-10-26-15)9-17(14)28-19(21)20-18(23)12-5-4-11(2)13(7-12)22(24)25/h1,4-5,7-9H,6,10H2,2H3. The smallest absolute Gasteiger partial charge is 0.279 e. The summed E-state index contributed by atoms with van der Waals surface area (Å²) >= 11 is 1.28. The highest BCUT2D eigenvalue weighted by atomic mass is 32.1. The Balaban J connectivity index is 1.84. The van der Waals surface area contributed by atoms with Gasteiger partial charge in [-0.3, -0.25) is 14.9 Å². The minimum absolute atomic E-state index is 0.125. The van der Waals surface area contributed by atoms with E-state index < -0.39 is 10.8 Å². The largest absolute Gasteiger partial charge is 0.454 e. The number of nitro groups is 1. The topological polar surface area (TPSA) is 96.0 Å². The van der Waals surface area contributed by atoms with Gasteiger partial charge in [-0.25, -0.2) is 0 Å². The molecular formula is C19H13N3O5S. The van der Waals surface area contributed by atoms with Crippen LogP contribution in [-0.4, -0.2) is 22.2 Å². The van der Waals surface area contributed by atoms with Gasteiger partial charge in [-0.05, 0) is 13.0 Å². The van der Waals surface area contributed by atoms with Gasteiger partial charge in [-0.1, -0.05) is 23.3 Å². The van der Waals surface area contributed by atoms with Gasteiger partial charge in [0.2, 0.25) is 6.79 Å². The number of nitro benzene ring substituents is 1. The van der Waals surface area contributed by atoms with Crippen molar-refractivity contribution in [3.63, 3.8) is 0 Å². The lowest BCUT2D eigenvalue weighted by Gasteiger charge is -2.02. The molecular weight excluding hydrogens is 382 g/mol. The van der Waals surface area contributed by atoms with Crippen LogP contribution in [0.5, 0.6) is 11.5 Å². The van der Waals surface area contributed by atoms with Gasteiger partial charge in [-0.2, -0.15) is 4.99 Å². The van der Waals surface area contributed by atoms with Crippen molar-refractivity contribution in [1.29, 1.82) is 0 Å². The average Bonchev–Trinajstić information content (AvgIpc) is 3.24. The first-order chi connectivity index (χ1) is 13.5. The zero-order valence-corrected chi connectivity index (χ0v) is 15.5. The van der Waals surface area contributed by atoms with E-state index in [1.54, 1.807) is 17.6 Å². The zero-order chi connectivity index (χ0) is 19.8. The molecule has 1 aromatic heterocycles. The second-order valence-electron chi connectivity index (χ2n) is 6.02. The van der Waals surface area contributed by atoms with Gasteiger partial charge in [-0.15, -0.1) is 6.42 Å². The molecule has 0 atom stereocenters. The van der Waals surface area contributed by atoms with E-state index in [2.05, 4.69) is 10.9 Å². The van der Waals surface area contributed by atoms with Crippen LogP contribution in [0.15, 0.2) is 35.3 Å². The van der Waals surface area contributed by atoms with Crippen LogP contribution in [0, 0.1) is 29.4 Å². The molecule has 1 amide bonds. The van der Waals surface area contributed by atoms with Gasteiger partial charge in [0.25, 0.3) is 11.6 Å². The summed E-state index contributed by atoms with van der Waals surface area (Å²) in [7, 11) is 0. The number of hydrogen-bond acceptors (Lipinski definition) is 6. The monoisotopic (exact) mass is 395 g/mol.